The van der Waals surface area contributed by atoms with Crippen molar-refractivity contribution in [3.63, 3.8) is 0 Å². The SMILES string of the molecule is CCCCCN1CCC(c2coc3ccc(NC(=O)Nc4ccccc4)cc23)CC1. The molecule has 0 saturated carbocycles. The first-order valence-electron chi connectivity index (χ1n) is 11.1. The van der Waals surface area contributed by atoms with Crippen molar-refractivity contribution in [1.82, 2.24) is 4.90 Å². The monoisotopic (exact) mass is 405 g/mol. The summed E-state index contributed by atoms with van der Waals surface area (Å²) in [5.74, 6) is 0.516. The van der Waals surface area contributed by atoms with Crippen LogP contribution in [0.2, 0.25) is 0 Å². The summed E-state index contributed by atoms with van der Waals surface area (Å²) < 4.78 is 5.82. The molecule has 0 atom stereocenters. The van der Waals surface area contributed by atoms with Crippen molar-refractivity contribution in [3.8, 4) is 0 Å². The normalized spacial score (nSPS) is 15.4. The number of furan rings is 1. The van der Waals surface area contributed by atoms with Crippen LogP contribution in [-0.2, 0) is 0 Å². The molecule has 5 heteroatoms. The molecule has 0 bridgehead atoms. The van der Waals surface area contributed by atoms with Crippen molar-refractivity contribution in [1.29, 1.82) is 0 Å². The Balaban J connectivity index is 1.40. The minimum Gasteiger partial charge on any atom is -0.464 e. The van der Waals surface area contributed by atoms with Crippen molar-refractivity contribution in [3.05, 3.63) is 60.4 Å². The number of nitrogens with zero attached hydrogens (tertiary/aromatic N) is 1. The van der Waals surface area contributed by atoms with Gasteiger partial charge in [-0.2, -0.15) is 0 Å². The number of rotatable bonds is 7. The number of fused-ring (bicyclic) bond motifs is 1. The molecule has 1 aromatic heterocycles. The van der Waals surface area contributed by atoms with Gasteiger partial charge in [0.1, 0.15) is 5.58 Å². The maximum absolute atomic E-state index is 12.3. The zero-order valence-corrected chi connectivity index (χ0v) is 17.7. The molecule has 1 aliphatic heterocycles. The number of likely N-dealkylation sites (tertiary alicyclic amines) is 1. The number of unbranched alkanes of at least 4 members (excludes halogenated alkanes) is 2. The van der Waals surface area contributed by atoms with E-state index in [0.717, 1.165) is 48.3 Å². The zero-order chi connectivity index (χ0) is 20.8. The average Bonchev–Trinajstić information content (AvgIpc) is 3.18. The van der Waals surface area contributed by atoms with Crippen molar-refractivity contribution in [2.45, 2.75) is 44.9 Å². The fourth-order valence-corrected chi connectivity index (χ4v) is 4.31. The lowest BCUT2D eigenvalue weighted by Gasteiger charge is -2.31. The van der Waals surface area contributed by atoms with Crippen LogP contribution in [0, 0.1) is 0 Å². The molecule has 0 aliphatic carbocycles. The molecule has 158 valence electrons. The number of amides is 2. The highest BCUT2D eigenvalue weighted by Crippen LogP contribution is 2.35. The molecule has 3 aromatic rings. The number of carbonyl (C=O) groups excluding carboxylic acids is 1. The van der Waals surface area contributed by atoms with Crippen LogP contribution in [0.4, 0.5) is 16.2 Å². The van der Waals surface area contributed by atoms with Gasteiger partial charge in [0.25, 0.3) is 0 Å². The van der Waals surface area contributed by atoms with Crippen molar-refractivity contribution < 1.29 is 9.21 Å². The van der Waals surface area contributed by atoms with Gasteiger partial charge in [-0.05, 0) is 75.1 Å². The van der Waals surface area contributed by atoms with E-state index in [2.05, 4.69) is 22.5 Å². The van der Waals surface area contributed by atoms with Gasteiger partial charge in [0.2, 0.25) is 0 Å². The Morgan fingerprint density at radius 2 is 1.80 bits per heavy atom. The largest absolute Gasteiger partial charge is 0.464 e. The van der Waals surface area contributed by atoms with Crippen LogP contribution in [0.25, 0.3) is 11.0 Å². The van der Waals surface area contributed by atoms with E-state index in [9.17, 15) is 4.79 Å². The summed E-state index contributed by atoms with van der Waals surface area (Å²) in [5, 5.41) is 6.90. The molecule has 0 radical (unpaired) electrons. The second kappa shape index (κ2) is 9.81. The third kappa shape index (κ3) is 5.03. The smallest absolute Gasteiger partial charge is 0.323 e. The Labute approximate surface area is 178 Å². The number of urea groups is 1. The molecule has 2 amide bonds. The number of benzene rings is 2. The van der Waals surface area contributed by atoms with Gasteiger partial charge in [-0.3, -0.25) is 0 Å². The van der Waals surface area contributed by atoms with E-state index < -0.39 is 0 Å². The standard InChI is InChI=1S/C25H31N3O2/c1-2-3-7-14-28-15-12-19(13-16-28)23-18-30-24-11-10-21(17-22(23)24)27-25(29)26-20-8-5-4-6-9-20/h4-6,8-11,17-19H,2-3,7,12-16H2,1H3,(H2,26,27,29). The summed E-state index contributed by atoms with van der Waals surface area (Å²) in [6, 6.07) is 15.1. The second-order valence-corrected chi connectivity index (χ2v) is 8.17. The predicted octanol–water partition coefficient (Wildman–Crippen LogP) is 6.45. The van der Waals surface area contributed by atoms with Gasteiger partial charge in [-0.25, -0.2) is 4.79 Å². The highest BCUT2D eigenvalue weighted by Gasteiger charge is 2.23. The van der Waals surface area contributed by atoms with E-state index in [-0.39, 0.29) is 6.03 Å². The van der Waals surface area contributed by atoms with Crippen LogP contribution in [0.3, 0.4) is 0 Å². The molecule has 4 rings (SSSR count). The van der Waals surface area contributed by atoms with Crippen molar-refractivity contribution >= 4 is 28.4 Å². The van der Waals surface area contributed by atoms with Crippen molar-refractivity contribution in [2.24, 2.45) is 0 Å². The van der Waals surface area contributed by atoms with Crippen LogP contribution in [-0.4, -0.2) is 30.6 Å². The number of para-hydroxylation sites is 1. The molecular formula is C25H31N3O2. The van der Waals surface area contributed by atoms with Crippen LogP contribution >= 0.6 is 0 Å². The van der Waals surface area contributed by atoms with Gasteiger partial charge in [0.05, 0.1) is 6.26 Å². The first-order valence-corrected chi connectivity index (χ1v) is 11.1. The maximum atomic E-state index is 12.3. The van der Waals surface area contributed by atoms with E-state index in [4.69, 9.17) is 4.42 Å². The molecule has 0 unspecified atom stereocenters. The van der Waals surface area contributed by atoms with E-state index in [1.807, 2.05) is 54.8 Å². The molecule has 1 saturated heterocycles. The Bertz CT molecular complexity index is 959. The Kier molecular flexibility index (Phi) is 6.70. The fourth-order valence-electron chi connectivity index (χ4n) is 4.31. The van der Waals surface area contributed by atoms with Crippen LogP contribution in [0.15, 0.2) is 59.2 Å². The van der Waals surface area contributed by atoms with Crippen molar-refractivity contribution in [2.75, 3.05) is 30.3 Å². The molecule has 2 N–H and O–H groups in total. The number of carbonyl (C=O) groups is 1. The second-order valence-electron chi connectivity index (χ2n) is 8.17. The van der Waals surface area contributed by atoms with E-state index in [0.29, 0.717) is 5.92 Å². The van der Waals surface area contributed by atoms with Crippen LogP contribution in [0.5, 0.6) is 0 Å². The van der Waals surface area contributed by atoms with Crippen LogP contribution < -0.4 is 10.6 Å². The molecule has 30 heavy (non-hydrogen) atoms. The third-order valence-electron chi connectivity index (χ3n) is 6.00. The molecule has 5 nitrogen and oxygen atoms in total. The summed E-state index contributed by atoms with van der Waals surface area (Å²) in [4.78, 5) is 14.9. The lowest BCUT2D eigenvalue weighted by atomic mass is 9.89. The summed E-state index contributed by atoms with van der Waals surface area (Å²) >= 11 is 0. The molecule has 1 aliphatic rings. The summed E-state index contributed by atoms with van der Waals surface area (Å²) in [7, 11) is 0. The molecule has 2 aromatic carbocycles. The average molecular weight is 406 g/mol. The van der Waals surface area contributed by atoms with Gasteiger partial charge in [0.15, 0.2) is 0 Å². The van der Waals surface area contributed by atoms with E-state index in [1.54, 1.807) is 0 Å². The quantitative estimate of drug-likeness (QED) is 0.444. The van der Waals surface area contributed by atoms with Gasteiger partial charge in [-0.1, -0.05) is 38.0 Å². The topological polar surface area (TPSA) is 57.5 Å². The third-order valence-corrected chi connectivity index (χ3v) is 6.00. The number of piperidine rings is 1. The lowest BCUT2D eigenvalue weighted by molar-refractivity contribution is 0.208. The number of hydrogen-bond donors (Lipinski definition) is 2. The van der Waals surface area contributed by atoms with E-state index in [1.165, 1.54) is 31.4 Å². The maximum Gasteiger partial charge on any atom is 0.323 e. The van der Waals surface area contributed by atoms with Gasteiger partial charge < -0.3 is 20.0 Å². The minimum atomic E-state index is -0.244. The van der Waals surface area contributed by atoms with Gasteiger partial charge in [-0.15, -0.1) is 0 Å². The minimum absolute atomic E-state index is 0.244. The molecule has 0 spiro atoms. The Morgan fingerprint density at radius 1 is 1.03 bits per heavy atom. The zero-order valence-electron chi connectivity index (χ0n) is 17.7. The Hall–Kier alpha value is -2.79. The number of anilines is 2. The molecule has 1 fully saturated rings. The fraction of sp³-hybridized carbons (Fsp3) is 0.400. The molecular weight excluding hydrogens is 374 g/mol. The molecule has 2 heterocycles. The highest BCUT2D eigenvalue weighted by atomic mass is 16.3. The first kappa shape index (κ1) is 20.5. The van der Waals surface area contributed by atoms with E-state index >= 15 is 0 Å². The predicted molar refractivity (Wildman–Crippen MR) is 123 cm³/mol. The number of hydrogen-bond acceptors (Lipinski definition) is 3. The number of nitrogens with one attached hydrogen (secondary N) is 2. The highest BCUT2D eigenvalue weighted by molar-refractivity contribution is 6.01. The van der Waals surface area contributed by atoms with Crippen LogP contribution in [0.1, 0.15) is 50.5 Å². The Morgan fingerprint density at radius 3 is 2.57 bits per heavy atom. The summed E-state index contributed by atoms with van der Waals surface area (Å²) in [5.41, 5.74) is 3.69. The summed E-state index contributed by atoms with van der Waals surface area (Å²) in [6.45, 7) is 5.78. The first-order chi connectivity index (χ1) is 14.7. The van der Waals surface area contributed by atoms with Gasteiger partial charge in [0, 0.05) is 22.3 Å². The lowest BCUT2D eigenvalue weighted by Crippen LogP contribution is -2.33. The summed E-state index contributed by atoms with van der Waals surface area (Å²) in [6.07, 6.45) is 8.13. The van der Waals surface area contributed by atoms with Gasteiger partial charge >= 0.3 is 6.03 Å².